The average Bonchev–Trinajstić information content (AvgIpc) is 2.68. The SMILES string of the molecule is CCOC(=O)C(C)(C)Oc1ccc(C(=O)c2cc3cc(Br)cc(Br)c3oc2=O)cc1. The molecule has 2 aromatic carbocycles. The van der Waals surface area contributed by atoms with Gasteiger partial charge in [-0.05, 0) is 79.2 Å². The van der Waals surface area contributed by atoms with Crippen molar-refractivity contribution in [2.45, 2.75) is 26.4 Å². The number of fused-ring (bicyclic) bond motifs is 1. The van der Waals surface area contributed by atoms with Crippen LogP contribution in [0.3, 0.4) is 0 Å². The van der Waals surface area contributed by atoms with E-state index in [2.05, 4.69) is 31.9 Å². The van der Waals surface area contributed by atoms with Gasteiger partial charge in [-0.3, -0.25) is 4.79 Å². The normalized spacial score (nSPS) is 11.4. The summed E-state index contributed by atoms with van der Waals surface area (Å²) >= 11 is 6.72. The molecule has 156 valence electrons. The zero-order valence-electron chi connectivity index (χ0n) is 16.5. The molecule has 30 heavy (non-hydrogen) atoms. The Hall–Kier alpha value is -2.45. The van der Waals surface area contributed by atoms with E-state index in [9.17, 15) is 14.4 Å². The van der Waals surface area contributed by atoms with Crippen LogP contribution in [0, 0.1) is 0 Å². The Balaban J connectivity index is 1.88. The molecule has 0 N–H and O–H groups in total. The summed E-state index contributed by atoms with van der Waals surface area (Å²) < 4.78 is 17.4. The van der Waals surface area contributed by atoms with Gasteiger partial charge in [-0.15, -0.1) is 0 Å². The molecule has 0 unspecified atom stereocenters. The summed E-state index contributed by atoms with van der Waals surface area (Å²) in [5.74, 6) is -0.572. The van der Waals surface area contributed by atoms with Crippen LogP contribution in [0.5, 0.6) is 5.75 Å². The number of ketones is 1. The molecule has 1 aromatic heterocycles. The maximum absolute atomic E-state index is 12.9. The first kappa shape index (κ1) is 22.2. The van der Waals surface area contributed by atoms with Crippen LogP contribution in [0.25, 0.3) is 11.0 Å². The van der Waals surface area contributed by atoms with Crippen LogP contribution in [-0.4, -0.2) is 24.0 Å². The fourth-order valence-electron chi connectivity index (χ4n) is 2.79. The van der Waals surface area contributed by atoms with Gasteiger partial charge < -0.3 is 13.9 Å². The predicted molar refractivity (Wildman–Crippen MR) is 119 cm³/mol. The van der Waals surface area contributed by atoms with E-state index < -0.39 is 23.0 Å². The summed E-state index contributed by atoms with van der Waals surface area (Å²) in [6.07, 6.45) is 0. The molecule has 6 nitrogen and oxygen atoms in total. The monoisotopic (exact) mass is 536 g/mol. The van der Waals surface area contributed by atoms with E-state index in [1.807, 2.05) is 0 Å². The molecule has 0 atom stereocenters. The maximum Gasteiger partial charge on any atom is 0.349 e. The third kappa shape index (κ3) is 4.65. The second-order valence-electron chi connectivity index (χ2n) is 6.94. The number of halogens is 2. The topological polar surface area (TPSA) is 82.8 Å². The largest absolute Gasteiger partial charge is 0.476 e. The molecule has 0 aliphatic rings. The van der Waals surface area contributed by atoms with Crippen LogP contribution in [0.2, 0.25) is 0 Å². The first-order chi connectivity index (χ1) is 14.1. The van der Waals surface area contributed by atoms with Gasteiger partial charge in [0.25, 0.3) is 0 Å². The lowest BCUT2D eigenvalue weighted by Gasteiger charge is -2.24. The molecule has 0 saturated carbocycles. The van der Waals surface area contributed by atoms with Gasteiger partial charge in [0.05, 0.1) is 11.1 Å². The number of benzene rings is 2. The van der Waals surface area contributed by atoms with Gasteiger partial charge in [0.2, 0.25) is 0 Å². The Bertz CT molecular complexity index is 1180. The summed E-state index contributed by atoms with van der Waals surface area (Å²) in [5, 5.41) is 0.607. The quantitative estimate of drug-likeness (QED) is 0.242. The van der Waals surface area contributed by atoms with E-state index in [1.165, 1.54) is 18.2 Å². The van der Waals surface area contributed by atoms with Crippen LogP contribution in [-0.2, 0) is 9.53 Å². The second kappa shape index (κ2) is 8.73. The summed E-state index contributed by atoms with van der Waals surface area (Å²) in [5.41, 5.74) is -1.32. The Labute approximate surface area is 189 Å². The van der Waals surface area contributed by atoms with Crippen molar-refractivity contribution < 1.29 is 23.5 Å². The third-order valence-corrected chi connectivity index (χ3v) is 5.30. The van der Waals surface area contributed by atoms with Crippen LogP contribution in [0.1, 0.15) is 36.7 Å². The molecule has 0 aliphatic carbocycles. The number of ether oxygens (including phenoxy) is 2. The molecule has 0 spiro atoms. The minimum absolute atomic E-state index is 0.0759. The molecule has 1 heterocycles. The number of rotatable bonds is 6. The highest BCUT2D eigenvalue weighted by atomic mass is 79.9. The lowest BCUT2D eigenvalue weighted by Crippen LogP contribution is -2.39. The molecule has 0 bridgehead atoms. The zero-order chi connectivity index (χ0) is 22.1. The van der Waals surface area contributed by atoms with Gasteiger partial charge in [0.1, 0.15) is 11.3 Å². The van der Waals surface area contributed by atoms with E-state index in [-0.39, 0.29) is 17.7 Å². The number of esters is 1. The van der Waals surface area contributed by atoms with Gasteiger partial charge in [-0.1, -0.05) is 15.9 Å². The minimum atomic E-state index is -1.18. The highest BCUT2D eigenvalue weighted by Crippen LogP contribution is 2.28. The molecule has 0 radical (unpaired) electrons. The van der Waals surface area contributed by atoms with Gasteiger partial charge in [-0.25, -0.2) is 9.59 Å². The summed E-state index contributed by atoms with van der Waals surface area (Å²) in [4.78, 5) is 37.2. The van der Waals surface area contributed by atoms with Crippen molar-refractivity contribution >= 4 is 54.6 Å². The molecular formula is C22H18Br2O6. The number of hydrogen-bond acceptors (Lipinski definition) is 6. The second-order valence-corrected chi connectivity index (χ2v) is 8.71. The number of hydrogen-bond donors (Lipinski definition) is 0. The molecule has 3 aromatic rings. The van der Waals surface area contributed by atoms with Crippen LogP contribution in [0.15, 0.2) is 60.6 Å². The Morgan fingerprint density at radius 2 is 1.73 bits per heavy atom. The Morgan fingerprint density at radius 1 is 1.07 bits per heavy atom. The number of carbonyl (C=O) groups excluding carboxylic acids is 2. The van der Waals surface area contributed by atoms with Crippen molar-refractivity contribution in [2.24, 2.45) is 0 Å². The molecule has 0 aliphatic heterocycles. The van der Waals surface area contributed by atoms with Gasteiger partial charge in [-0.2, -0.15) is 0 Å². The van der Waals surface area contributed by atoms with E-state index in [4.69, 9.17) is 13.9 Å². The van der Waals surface area contributed by atoms with Gasteiger partial charge >= 0.3 is 11.6 Å². The van der Waals surface area contributed by atoms with Gasteiger partial charge in [0, 0.05) is 15.4 Å². The molecule has 0 amide bonds. The minimum Gasteiger partial charge on any atom is -0.476 e. The first-order valence-corrected chi connectivity index (χ1v) is 10.6. The average molecular weight is 538 g/mol. The van der Waals surface area contributed by atoms with E-state index in [0.717, 1.165) is 4.47 Å². The molecular weight excluding hydrogens is 520 g/mol. The van der Waals surface area contributed by atoms with E-state index in [0.29, 0.717) is 21.2 Å². The summed E-state index contributed by atoms with van der Waals surface area (Å²) in [6, 6.07) is 11.2. The van der Waals surface area contributed by atoms with Gasteiger partial charge in [0.15, 0.2) is 17.0 Å². The predicted octanol–water partition coefficient (Wildman–Crippen LogP) is 5.27. The molecule has 0 saturated heterocycles. The Morgan fingerprint density at radius 3 is 2.37 bits per heavy atom. The number of carbonyl (C=O) groups is 2. The van der Waals surface area contributed by atoms with Crippen molar-refractivity contribution in [3.05, 3.63) is 73.0 Å². The third-order valence-electron chi connectivity index (χ3n) is 4.25. The lowest BCUT2D eigenvalue weighted by atomic mass is 10.0. The van der Waals surface area contributed by atoms with Crippen molar-refractivity contribution in [3.8, 4) is 5.75 Å². The van der Waals surface area contributed by atoms with E-state index >= 15 is 0 Å². The fraction of sp³-hybridized carbons (Fsp3) is 0.227. The lowest BCUT2D eigenvalue weighted by molar-refractivity contribution is -0.158. The van der Waals surface area contributed by atoms with Crippen molar-refractivity contribution in [3.63, 3.8) is 0 Å². The zero-order valence-corrected chi connectivity index (χ0v) is 19.6. The van der Waals surface area contributed by atoms with Crippen LogP contribution >= 0.6 is 31.9 Å². The highest BCUT2D eigenvalue weighted by molar-refractivity contribution is 9.11. The smallest absolute Gasteiger partial charge is 0.349 e. The van der Waals surface area contributed by atoms with Crippen molar-refractivity contribution in [2.75, 3.05) is 6.61 Å². The van der Waals surface area contributed by atoms with Crippen molar-refractivity contribution in [1.29, 1.82) is 0 Å². The van der Waals surface area contributed by atoms with Crippen molar-refractivity contribution in [1.82, 2.24) is 0 Å². The fourth-order valence-corrected chi connectivity index (χ4v) is 4.13. The van der Waals surface area contributed by atoms with Crippen LogP contribution < -0.4 is 10.4 Å². The summed E-state index contributed by atoms with van der Waals surface area (Å²) in [7, 11) is 0. The van der Waals surface area contributed by atoms with E-state index in [1.54, 1.807) is 45.0 Å². The first-order valence-electron chi connectivity index (χ1n) is 9.06. The molecule has 0 fully saturated rings. The molecule has 8 heteroatoms. The molecule has 3 rings (SSSR count). The van der Waals surface area contributed by atoms with Crippen LogP contribution in [0.4, 0.5) is 0 Å². The maximum atomic E-state index is 12.9. The Kier molecular flexibility index (Phi) is 6.47. The highest BCUT2D eigenvalue weighted by Gasteiger charge is 2.31. The standard InChI is InChI=1S/C22H18Br2O6/c1-4-28-21(27)22(2,3)30-15-7-5-12(6-8-15)18(25)16-10-13-9-14(23)11-17(24)19(13)29-20(16)26/h5-11H,4H2,1-3H3. The summed E-state index contributed by atoms with van der Waals surface area (Å²) in [6.45, 7) is 5.16.